The van der Waals surface area contributed by atoms with Gasteiger partial charge in [0.2, 0.25) is 11.8 Å². The predicted molar refractivity (Wildman–Crippen MR) is 95.4 cm³/mol. The second-order valence-corrected chi connectivity index (χ2v) is 7.66. The highest BCUT2D eigenvalue weighted by Gasteiger charge is 2.56. The van der Waals surface area contributed by atoms with E-state index in [1.165, 1.54) is 4.90 Å². The predicted octanol–water partition coefficient (Wildman–Crippen LogP) is 2.73. The van der Waals surface area contributed by atoms with E-state index in [-0.39, 0.29) is 42.2 Å². The molecule has 4 amide bonds. The molecule has 25 heavy (non-hydrogen) atoms. The molecule has 1 saturated carbocycles. The normalized spacial score (nSPS) is 29.7. The number of carbonyl (C=O) groups excluding carboxylic acids is 3. The lowest BCUT2D eigenvalue weighted by molar-refractivity contribution is -0.140. The Kier molecular flexibility index (Phi) is 4.11. The summed E-state index contributed by atoms with van der Waals surface area (Å²) < 4.78 is 0.914. The van der Waals surface area contributed by atoms with Gasteiger partial charge in [0.15, 0.2) is 0 Å². The highest BCUT2D eigenvalue weighted by atomic mass is 79.9. The van der Waals surface area contributed by atoms with Gasteiger partial charge in [-0.2, -0.15) is 0 Å². The molecule has 1 saturated heterocycles. The summed E-state index contributed by atoms with van der Waals surface area (Å²) in [6.45, 7) is -0.0908. The van der Waals surface area contributed by atoms with Gasteiger partial charge in [-0.1, -0.05) is 28.1 Å². The first-order valence-electron chi connectivity index (χ1n) is 8.38. The molecule has 2 bridgehead atoms. The molecule has 5 rings (SSSR count). The van der Waals surface area contributed by atoms with Gasteiger partial charge in [0.05, 0.1) is 11.8 Å². The van der Waals surface area contributed by atoms with Crippen LogP contribution in [0.1, 0.15) is 12.8 Å². The first kappa shape index (κ1) is 16.3. The van der Waals surface area contributed by atoms with Crippen molar-refractivity contribution in [2.45, 2.75) is 12.8 Å². The Labute approximate surface area is 153 Å². The van der Waals surface area contributed by atoms with E-state index in [0.29, 0.717) is 5.69 Å². The standard InChI is InChI=1S/C18H18BrN3O3/c19-12-5-7-13(8-6-12)21-18(25)20-9-22-16(23)14-10-1-2-11(4-3-10)15(14)17(22)24/h1-2,5-8,10-11,14-15H,3-4,9H2,(H2,20,21,25)/t10-,11-,14+,15+/m0/s1. The van der Waals surface area contributed by atoms with Crippen molar-refractivity contribution in [3.05, 3.63) is 40.9 Å². The van der Waals surface area contributed by atoms with Crippen molar-refractivity contribution in [2.24, 2.45) is 23.7 Å². The third kappa shape index (κ3) is 2.86. The summed E-state index contributed by atoms with van der Waals surface area (Å²) >= 11 is 3.33. The quantitative estimate of drug-likeness (QED) is 0.601. The molecule has 1 heterocycles. The number of nitrogens with one attached hydrogen (secondary N) is 2. The Bertz CT molecular complexity index is 729. The molecule has 2 fully saturated rings. The van der Waals surface area contributed by atoms with Crippen molar-refractivity contribution in [1.29, 1.82) is 0 Å². The fourth-order valence-electron chi connectivity index (χ4n) is 4.15. The fraction of sp³-hybridized carbons (Fsp3) is 0.389. The molecule has 1 aromatic rings. The van der Waals surface area contributed by atoms with E-state index in [2.05, 4.69) is 38.7 Å². The number of anilines is 1. The Balaban J connectivity index is 1.38. The Morgan fingerprint density at radius 2 is 1.60 bits per heavy atom. The summed E-state index contributed by atoms with van der Waals surface area (Å²) in [5.74, 6) is -0.475. The number of urea groups is 1. The molecular weight excluding hydrogens is 386 g/mol. The number of carbonyl (C=O) groups is 3. The van der Waals surface area contributed by atoms with Gasteiger partial charge in [0.25, 0.3) is 0 Å². The maximum Gasteiger partial charge on any atom is 0.320 e. The van der Waals surface area contributed by atoms with E-state index in [9.17, 15) is 14.4 Å². The second kappa shape index (κ2) is 6.29. The van der Waals surface area contributed by atoms with Crippen molar-refractivity contribution < 1.29 is 14.4 Å². The van der Waals surface area contributed by atoms with Crippen LogP contribution in [0.15, 0.2) is 40.9 Å². The molecule has 6 nitrogen and oxygen atoms in total. The molecule has 1 aliphatic heterocycles. The zero-order valence-electron chi connectivity index (χ0n) is 13.4. The average Bonchev–Trinajstić information content (AvgIpc) is 2.89. The highest BCUT2D eigenvalue weighted by Crippen LogP contribution is 2.49. The molecule has 0 spiro atoms. The average molecular weight is 404 g/mol. The monoisotopic (exact) mass is 403 g/mol. The third-order valence-electron chi connectivity index (χ3n) is 5.35. The van der Waals surface area contributed by atoms with Gasteiger partial charge in [-0.05, 0) is 48.9 Å². The SMILES string of the molecule is O=C(NCN1C(=O)[C@H]2[C@H](C1=O)[C@H]1C=C[C@H]2CC1)Nc1ccc(Br)cc1. The van der Waals surface area contributed by atoms with Crippen LogP contribution < -0.4 is 10.6 Å². The molecule has 0 aromatic heterocycles. The summed E-state index contributed by atoms with van der Waals surface area (Å²) in [6, 6.07) is 6.70. The minimum absolute atomic E-state index is 0.0908. The first-order valence-corrected chi connectivity index (χ1v) is 9.18. The van der Waals surface area contributed by atoms with Crippen LogP contribution in [0.5, 0.6) is 0 Å². The molecule has 0 unspecified atom stereocenters. The number of likely N-dealkylation sites (tertiary alicyclic amines) is 1. The van der Waals surface area contributed by atoms with Crippen LogP contribution in [0, 0.1) is 23.7 Å². The Morgan fingerprint density at radius 3 is 2.12 bits per heavy atom. The van der Waals surface area contributed by atoms with E-state index in [1.54, 1.807) is 12.1 Å². The molecule has 4 atom stereocenters. The Morgan fingerprint density at radius 1 is 1.04 bits per heavy atom. The van der Waals surface area contributed by atoms with Crippen molar-refractivity contribution in [3.8, 4) is 0 Å². The molecule has 3 aliphatic carbocycles. The number of allylic oxidation sites excluding steroid dienone is 2. The van der Waals surface area contributed by atoms with E-state index < -0.39 is 6.03 Å². The zero-order chi connectivity index (χ0) is 17.6. The molecule has 130 valence electrons. The molecular formula is C18H18BrN3O3. The largest absolute Gasteiger partial charge is 0.320 e. The molecule has 4 aliphatic rings. The smallest absolute Gasteiger partial charge is 0.320 e. The van der Waals surface area contributed by atoms with Gasteiger partial charge in [-0.15, -0.1) is 0 Å². The number of imide groups is 1. The van der Waals surface area contributed by atoms with E-state index in [4.69, 9.17) is 0 Å². The minimum atomic E-state index is -0.445. The fourth-order valence-corrected chi connectivity index (χ4v) is 4.42. The van der Waals surface area contributed by atoms with Crippen LogP contribution in [-0.4, -0.2) is 29.4 Å². The third-order valence-corrected chi connectivity index (χ3v) is 5.88. The van der Waals surface area contributed by atoms with Gasteiger partial charge >= 0.3 is 6.03 Å². The van der Waals surface area contributed by atoms with Gasteiger partial charge in [-0.25, -0.2) is 4.79 Å². The van der Waals surface area contributed by atoms with Crippen LogP contribution in [-0.2, 0) is 9.59 Å². The minimum Gasteiger partial charge on any atom is -0.320 e. The van der Waals surface area contributed by atoms with Crippen LogP contribution in [0.4, 0.5) is 10.5 Å². The van der Waals surface area contributed by atoms with E-state index >= 15 is 0 Å². The number of fused-ring (bicyclic) bond motifs is 1. The first-order chi connectivity index (χ1) is 12.0. The summed E-state index contributed by atoms with van der Waals surface area (Å²) in [4.78, 5) is 38.5. The summed E-state index contributed by atoms with van der Waals surface area (Å²) in [7, 11) is 0. The van der Waals surface area contributed by atoms with Gasteiger partial charge in [0.1, 0.15) is 6.67 Å². The molecule has 7 heteroatoms. The van der Waals surface area contributed by atoms with Crippen LogP contribution in [0.2, 0.25) is 0 Å². The number of halogens is 1. The van der Waals surface area contributed by atoms with Gasteiger partial charge in [0, 0.05) is 10.2 Å². The number of hydrogen-bond acceptors (Lipinski definition) is 3. The molecule has 1 aromatic carbocycles. The maximum absolute atomic E-state index is 12.6. The second-order valence-electron chi connectivity index (χ2n) is 6.74. The lowest BCUT2D eigenvalue weighted by Crippen LogP contribution is -2.43. The van der Waals surface area contributed by atoms with Gasteiger partial charge < -0.3 is 10.6 Å². The number of amides is 4. The van der Waals surface area contributed by atoms with Crippen molar-refractivity contribution >= 4 is 39.5 Å². The van der Waals surface area contributed by atoms with Crippen LogP contribution in [0.25, 0.3) is 0 Å². The van der Waals surface area contributed by atoms with E-state index in [0.717, 1.165) is 17.3 Å². The van der Waals surface area contributed by atoms with Crippen LogP contribution in [0.3, 0.4) is 0 Å². The summed E-state index contributed by atoms with van der Waals surface area (Å²) in [5, 5.41) is 5.29. The van der Waals surface area contributed by atoms with Crippen molar-refractivity contribution in [1.82, 2.24) is 10.2 Å². The summed E-state index contributed by atoms with van der Waals surface area (Å²) in [6.07, 6.45) is 6.09. The van der Waals surface area contributed by atoms with Crippen LogP contribution >= 0.6 is 15.9 Å². The number of benzene rings is 1. The lowest BCUT2D eigenvalue weighted by atomic mass is 9.63. The molecule has 0 radical (unpaired) electrons. The van der Waals surface area contributed by atoms with E-state index in [1.807, 2.05) is 12.1 Å². The number of nitrogens with zero attached hydrogens (tertiary/aromatic N) is 1. The molecule has 2 N–H and O–H groups in total. The van der Waals surface area contributed by atoms with Crippen molar-refractivity contribution in [2.75, 3.05) is 12.0 Å². The highest BCUT2D eigenvalue weighted by molar-refractivity contribution is 9.10. The van der Waals surface area contributed by atoms with Gasteiger partial charge in [-0.3, -0.25) is 14.5 Å². The lowest BCUT2D eigenvalue weighted by Gasteiger charge is -2.38. The maximum atomic E-state index is 12.6. The van der Waals surface area contributed by atoms with Crippen molar-refractivity contribution in [3.63, 3.8) is 0 Å². The zero-order valence-corrected chi connectivity index (χ0v) is 15.0. The Hall–Kier alpha value is -2.15. The number of rotatable bonds is 3. The number of hydrogen-bond donors (Lipinski definition) is 2. The topological polar surface area (TPSA) is 78.5 Å². The summed E-state index contributed by atoms with van der Waals surface area (Å²) in [5.41, 5.74) is 0.635.